The molecule has 0 unspecified atom stereocenters. The van der Waals surface area contributed by atoms with E-state index in [1.807, 2.05) is 18.2 Å². The predicted molar refractivity (Wildman–Crippen MR) is 96.3 cm³/mol. The van der Waals surface area contributed by atoms with E-state index in [-0.39, 0.29) is 0 Å². The van der Waals surface area contributed by atoms with E-state index in [1.54, 1.807) is 0 Å². The van der Waals surface area contributed by atoms with Crippen molar-refractivity contribution in [2.24, 2.45) is 0 Å². The molecule has 0 aliphatic carbocycles. The highest BCUT2D eigenvalue weighted by atomic mass is 14.2. The van der Waals surface area contributed by atoms with Crippen LogP contribution in [-0.2, 0) is 0 Å². The zero-order valence-electron chi connectivity index (χ0n) is 12.9. The fraction of sp³-hybridized carbons (Fsp3) is 0.0455. The fourth-order valence-corrected chi connectivity index (χ4v) is 3.40. The Morgan fingerprint density at radius 1 is 0.696 bits per heavy atom. The normalized spacial score (nSPS) is 10.8. The number of nitrogens with zero attached hydrogens (tertiary/aromatic N) is 1. The van der Waals surface area contributed by atoms with E-state index in [1.165, 1.54) is 32.7 Å². The van der Waals surface area contributed by atoms with Crippen molar-refractivity contribution in [1.82, 2.24) is 0 Å². The number of hydrogen-bond acceptors (Lipinski definition) is 1. The minimum absolute atomic E-state index is 0.691. The van der Waals surface area contributed by atoms with Crippen molar-refractivity contribution < 1.29 is 0 Å². The van der Waals surface area contributed by atoms with Crippen LogP contribution in [0.5, 0.6) is 0 Å². The number of rotatable bonds is 1. The Bertz CT molecular complexity index is 1030. The monoisotopic (exact) mass is 293 g/mol. The summed E-state index contributed by atoms with van der Waals surface area (Å²) in [6, 6.07) is 27.1. The maximum atomic E-state index is 9.23. The largest absolute Gasteiger partial charge is 0.192 e. The van der Waals surface area contributed by atoms with Crippen molar-refractivity contribution in [3.8, 4) is 17.2 Å². The fourth-order valence-electron chi connectivity index (χ4n) is 3.40. The summed E-state index contributed by atoms with van der Waals surface area (Å²) in [5.41, 5.74) is 4.29. The zero-order chi connectivity index (χ0) is 15.8. The van der Waals surface area contributed by atoms with Crippen LogP contribution in [0.4, 0.5) is 0 Å². The summed E-state index contributed by atoms with van der Waals surface area (Å²) in [6.45, 7) is 2.18. The van der Waals surface area contributed by atoms with Gasteiger partial charge in [-0.05, 0) is 57.3 Å². The van der Waals surface area contributed by atoms with E-state index in [0.717, 1.165) is 5.56 Å². The molecule has 0 saturated heterocycles. The molecule has 0 heterocycles. The smallest absolute Gasteiger partial charge is 0.0991 e. The van der Waals surface area contributed by atoms with Crippen LogP contribution in [-0.4, -0.2) is 0 Å². The third-order valence-corrected chi connectivity index (χ3v) is 4.48. The highest BCUT2D eigenvalue weighted by Crippen LogP contribution is 2.38. The van der Waals surface area contributed by atoms with Crippen LogP contribution in [0.1, 0.15) is 11.1 Å². The van der Waals surface area contributed by atoms with Crippen LogP contribution in [0.2, 0.25) is 0 Å². The minimum atomic E-state index is 0.691. The number of nitriles is 1. The molecule has 0 amide bonds. The van der Waals surface area contributed by atoms with Crippen LogP contribution in [0.15, 0.2) is 72.8 Å². The molecule has 0 N–H and O–H groups in total. The molecule has 0 radical (unpaired) electrons. The summed E-state index contributed by atoms with van der Waals surface area (Å²) in [4.78, 5) is 0. The molecule has 4 aromatic carbocycles. The summed E-state index contributed by atoms with van der Waals surface area (Å²) in [6.07, 6.45) is 0. The highest BCUT2D eigenvalue weighted by molar-refractivity contribution is 6.14. The maximum absolute atomic E-state index is 9.23. The molecular formula is C22H15N. The lowest BCUT2D eigenvalue weighted by molar-refractivity contribution is 1.48. The molecule has 1 nitrogen and oxygen atoms in total. The van der Waals surface area contributed by atoms with E-state index < -0.39 is 0 Å². The van der Waals surface area contributed by atoms with Gasteiger partial charge in [0.15, 0.2) is 0 Å². The first kappa shape index (κ1) is 13.5. The average molecular weight is 293 g/mol. The van der Waals surface area contributed by atoms with Crippen LogP contribution in [0, 0.1) is 18.3 Å². The summed E-state index contributed by atoms with van der Waals surface area (Å²) in [5.74, 6) is 0. The van der Waals surface area contributed by atoms with Gasteiger partial charge < -0.3 is 0 Å². The van der Waals surface area contributed by atoms with Crippen molar-refractivity contribution in [2.75, 3.05) is 0 Å². The van der Waals surface area contributed by atoms with Crippen LogP contribution in [0.25, 0.3) is 32.7 Å². The molecule has 23 heavy (non-hydrogen) atoms. The molecule has 0 spiro atoms. The van der Waals surface area contributed by atoms with Gasteiger partial charge in [-0.15, -0.1) is 0 Å². The SMILES string of the molecule is Cc1c2ccccc2c(-c2cccc(C#N)c2)c2ccccc12. The molecule has 0 aliphatic rings. The van der Waals surface area contributed by atoms with Crippen LogP contribution in [0.3, 0.4) is 0 Å². The van der Waals surface area contributed by atoms with Gasteiger partial charge in [0.1, 0.15) is 0 Å². The van der Waals surface area contributed by atoms with E-state index >= 15 is 0 Å². The van der Waals surface area contributed by atoms with Gasteiger partial charge in [-0.25, -0.2) is 0 Å². The van der Waals surface area contributed by atoms with Crippen LogP contribution < -0.4 is 0 Å². The molecule has 108 valence electrons. The summed E-state index contributed by atoms with van der Waals surface area (Å²) < 4.78 is 0. The maximum Gasteiger partial charge on any atom is 0.0991 e. The van der Waals surface area contributed by atoms with Gasteiger partial charge >= 0.3 is 0 Å². The topological polar surface area (TPSA) is 23.8 Å². The van der Waals surface area contributed by atoms with Crippen molar-refractivity contribution >= 4 is 21.5 Å². The van der Waals surface area contributed by atoms with E-state index in [0.29, 0.717) is 5.56 Å². The molecular weight excluding hydrogens is 278 g/mol. The molecule has 0 fully saturated rings. The van der Waals surface area contributed by atoms with Crippen LogP contribution >= 0.6 is 0 Å². The summed E-state index contributed by atoms with van der Waals surface area (Å²) >= 11 is 0. The lowest BCUT2D eigenvalue weighted by atomic mass is 9.88. The minimum Gasteiger partial charge on any atom is -0.192 e. The Morgan fingerprint density at radius 2 is 1.26 bits per heavy atom. The molecule has 0 saturated carbocycles. The molecule has 0 bridgehead atoms. The van der Waals surface area contributed by atoms with E-state index in [9.17, 15) is 5.26 Å². The van der Waals surface area contributed by atoms with Crippen molar-refractivity contribution in [1.29, 1.82) is 5.26 Å². The van der Waals surface area contributed by atoms with E-state index in [2.05, 4.69) is 67.6 Å². The third-order valence-electron chi connectivity index (χ3n) is 4.48. The van der Waals surface area contributed by atoms with Gasteiger partial charge in [0.2, 0.25) is 0 Å². The quantitative estimate of drug-likeness (QED) is 0.404. The Kier molecular flexibility index (Phi) is 3.10. The number of fused-ring (bicyclic) bond motifs is 2. The number of aryl methyl sites for hydroxylation is 1. The third kappa shape index (κ3) is 2.08. The zero-order valence-corrected chi connectivity index (χ0v) is 12.9. The Morgan fingerprint density at radius 3 is 1.83 bits per heavy atom. The Balaban J connectivity index is 2.23. The van der Waals surface area contributed by atoms with Gasteiger partial charge in [-0.2, -0.15) is 5.26 Å². The van der Waals surface area contributed by atoms with Gasteiger partial charge in [-0.3, -0.25) is 0 Å². The van der Waals surface area contributed by atoms with Gasteiger partial charge in [0.05, 0.1) is 11.6 Å². The van der Waals surface area contributed by atoms with E-state index in [4.69, 9.17) is 0 Å². The average Bonchev–Trinajstić information content (AvgIpc) is 2.62. The summed E-state index contributed by atoms with van der Waals surface area (Å²) in [5, 5.41) is 14.2. The number of benzene rings is 4. The van der Waals surface area contributed by atoms with Gasteiger partial charge in [-0.1, -0.05) is 60.7 Å². The standard InChI is InChI=1S/C22H15N/c1-15-18-9-2-4-11-20(18)22(21-12-5-3-10-19(15)21)17-8-6-7-16(13-17)14-23/h2-13H,1H3. The molecule has 4 aromatic rings. The predicted octanol–water partition coefficient (Wildman–Crippen LogP) is 5.84. The molecule has 4 rings (SSSR count). The molecule has 1 heteroatoms. The lowest BCUT2D eigenvalue weighted by Crippen LogP contribution is -1.89. The lowest BCUT2D eigenvalue weighted by Gasteiger charge is -2.15. The highest BCUT2D eigenvalue weighted by Gasteiger charge is 2.12. The van der Waals surface area contributed by atoms with Crippen molar-refractivity contribution in [2.45, 2.75) is 6.92 Å². The summed E-state index contributed by atoms with van der Waals surface area (Å²) in [7, 11) is 0. The molecule has 0 aromatic heterocycles. The second-order valence-corrected chi connectivity index (χ2v) is 5.78. The first-order valence-corrected chi connectivity index (χ1v) is 7.70. The number of hydrogen-bond donors (Lipinski definition) is 0. The van der Waals surface area contributed by atoms with Crippen molar-refractivity contribution in [3.63, 3.8) is 0 Å². The molecule has 0 aliphatic heterocycles. The first-order chi connectivity index (χ1) is 11.3. The Hall–Kier alpha value is -3.11. The first-order valence-electron chi connectivity index (χ1n) is 7.70. The molecule has 0 atom stereocenters. The van der Waals surface area contributed by atoms with Gasteiger partial charge in [0.25, 0.3) is 0 Å². The second kappa shape index (κ2) is 5.26. The van der Waals surface area contributed by atoms with Crippen molar-refractivity contribution in [3.05, 3.63) is 83.9 Å². The van der Waals surface area contributed by atoms with Gasteiger partial charge in [0, 0.05) is 0 Å². The second-order valence-electron chi connectivity index (χ2n) is 5.78. The Labute approximate surface area is 135 Å².